The number of ether oxygens (including phenoxy) is 12. The highest BCUT2D eigenvalue weighted by Crippen LogP contribution is 2.34. The molecular weight excluding hydrogens is 1830 g/mol. The molecular formula is C96H116N12O24S4. The van der Waals surface area contributed by atoms with Crippen LogP contribution in [0.3, 0.4) is 0 Å². The van der Waals surface area contributed by atoms with Gasteiger partial charge < -0.3 is 77.3 Å². The van der Waals surface area contributed by atoms with Gasteiger partial charge >= 0.3 is 0 Å². The van der Waals surface area contributed by atoms with E-state index in [1.54, 1.807) is 154 Å². The lowest BCUT2D eigenvalue weighted by Crippen LogP contribution is -2.39. The van der Waals surface area contributed by atoms with Gasteiger partial charge in [-0.15, -0.1) is 0 Å². The van der Waals surface area contributed by atoms with E-state index in [2.05, 4.69) is 39.9 Å². The number of sulfonamides is 4. The molecule has 8 atom stereocenters. The molecule has 0 aliphatic rings. The van der Waals surface area contributed by atoms with Gasteiger partial charge in [-0.05, 0) is 169 Å². The lowest BCUT2D eigenvalue weighted by molar-refractivity contribution is 0.166. The van der Waals surface area contributed by atoms with E-state index in [0.29, 0.717) is 46.0 Å². The Bertz CT molecular complexity index is 5170. The minimum absolute atomic E-state index is 0.115. The molecule has 0 radical (unpaired) electrons. The molecule has 0 aliphatic heterocycles. The van der Waals surface area contributed by atoms with Crippen molar-refractivity contribution in [3.8, 4) is 69.5 Å². The van der Waals surface area contributed by atoms with Crippen LogP contribution in [0.25, 0.3) is 0 Å². The Labute approximate surface area is 794 Å². The molecule has 728 valence electrons. The Morgan fingerprint density at radius 3 is 0.426 bits per heavy atom. The highest BCUT2D eigenvalue weighted by Gasteiger charge is 2.40. The van der Waals surface area contributed by atoms with Crippen LogP contribution in [0.1, 0.15) is 119 Å². The fourth-order valence-electron chi connectivity index (χ4n) is 13.3. The quantitative estimate of drug-likeness (QED) is 0.0275. The SMILES string of the molecule is COc1ccc(CN(Cc2ccc(OC)cc2)S(=O)(=O)[C@@H](C)[C@@H](O)c2cnc(OC)cn2)cc1.COc1ccc(CN(Cc2ccc(OC)cc2)S(=O)(=O)[C@@H](C)[C@H](O)c2cnc(OC)cn2)cc1.COc1ccc(CN(Cc2ccc(OC)cc2)S(=O)(=O)[C@H](C)[C@@H](O)c2cnc(OC)cn2)cc1.COc1ccc(CN(Cc2ccc(OC)cc2)S(=O)(=O)[C@H](C)[C@H](O)c2cnc(OC)cn2)cc1. The van der Waals surface area contributed by atoms with Crippen molar-refractivity contribution in [3.05, 3.63) is 311 Å². The van der Waals surface area contributed by atoms with Gasteiger partial charge in [-0.25, -0.2) is 53.6 Å². The third-order valence-electron chi connectivity index (χ3n) is 21.9. The molecule has 0 aliphatic carbocycles. The van der Waals surface area contributed by atoms with Crippen LogP contribution in [-0.2, 0) is 92.5 Å². The van der Waals surface area contributed by atoms with Crippen molar-refractivity contribution in [3.63, 3.8) is 0 Å². The number of aliphatic hydroxyl groups excluding tert-OH is 4. The molecule has 0 saturated carbocycles. The standard InChI is InChI=1S/4C24H29N3O6S/c4*1-17(24(28)22-13-26-23(33-4)14-25-22)34(29,30)27(15-18-5-9-20(31-2)10-6-18)16-19-7-11-21(32-3)12-8-19/h4*5-14,17,24,28H,15-16H2,1-4H3/t2*17-,24+;2*17-,24-/m1010/s1. The first kappa shape index (κ1) is 107. The molecule has 4 aromatic heterocycles. The lowest BCUT2D eigenvalue weighted by atomic mass is 10.2. The van der Waals surface area contributed by atoms with Crippen molar-refractivity contribution >= 4 is 40.1 Å². The largest absolute Gasteiger partial charge is 0.497 e. The number of nitrogens with zero attached hydrogens (tertiary/aromatic N) is 12. The molecule has 4 N–H and O–H groups in total. The number of hydrogen-bond acceptors (Lipinski definition) is 32. The van der Waals surface area contributed by atoms with Gasteiger partial charge in [0.1, 0.15) is 91.4 Å². The molecule has 40 heteroatoms. The fourth-order valence-corrected chi connectivity index (χ4v) is 19.7. The second kappa shape index (κ2) is 51.2. The number of aromatic nitrogens is 8. The second-order valence-electron chi connectivity index (χ2n) is 30.6. The van der Waals surface area contributed by atoms with Crippen LogP contribution >= 0.6 is 0 Å². The molecule has 0 bridgehead atoms. The van der Waals surface area contributed by atoms with Crippen LogP contribution < -0.4 is 56.8 Å². The lowest BCUT2D eigenvalue weighted by Gasteiger charge is -2.28. The van der Waals surface area contributed by atoms with Crippen LogP contribution in [0.5, 0.6) is 69.5 Å². The minimum Gasteiger partial charge on any atom is -0.497 e. The maximum absolute atomic E-state index is 13.7. The predicted molar refractivity (Wildman–Crippen MR) is 509 cm³/mol. The first-order valence-electron chi connectivity index (χ1n) is 42.3. The molecule has 12 rings (SSSR count). The molecule has 0 amide bonds. The van der Waals surface area contributed by atoms with Crippen molar-refractivity contribution < 1.29 is 111 Å². The molecule has 4 heterocycles. The summed E-state index contributed by atoms with van der Waals surface area (Å²) in [5.41, 5.74) is 6.83. The van der Waals surface area contributed by atoms with E-state index in [0.717, 1.165) is 44.5 Å². The number of benzene rings is 8. The number of hydrogen-bond donors (Lipinski definition) is 4. The van der Waals surface area contributed by atoms with Gasteiger partial charge in [-0.2, -0.15) is 17.2 Å². The average molecular weight is 1950 g/mol. The van der Waals surface area contributed by atoms with Crippen LogP contribution in [0.4, 0.5) is 0 Å². The Morgan fingerprint density at radius 2 is 0.331 bits per heavy atom. The zero-order chi connectivity index (χ0) is 98.9. The van der Waals surface area contributed by atoms with Crippen molar-refractivity contribution in [2.75, 3.05) is 85.3 Å². The number of methoxy groups -OCH3 is 12. The fraction of sp³-hybridized carbons (Fsp3) is 0.333. The van der Waals surface area contributed by atoms with E-state index in [4.69, 9.17) is 56.8 Å². The normalized spacial score (nSPS) is 13.4. The summed E-state index contributed by atoms with van der Waals surface area (Å²) >= 11 is 0. The predicted octanol–water partition coefficient (Wildman–Crippen LogP) is 11.8. The first-order chi connectivity index (χ1) is 65.1. The number of aliphatic hydroxyl groups is 4. The highest BCUT2D eigenvalue weighted by atomic mass is 32.2. The summed E-state index contributed by atoms with van der Waals surface area (Å²) in [5.74, 6) is 6.49. The van der Waals surface area contributed by atoms with Crippen molar-refractivity contribution in [2.24, 2.45) is 0 Å². The molecule has 8 aromatic carbocycles. The summed E-state index contributed by atoms with van der Waals surface area (Å²) in [5, 5.41) is 38.6. The smallest absolute Gasteiger partial charge is 0.231 e. The third kappa shape index (κ3) is 29.6. The summed E-state index contributed by atoms with van der Waals surface area (Å²) in [6.45, 7) is 6.76. The maximum atomic E-state index is 13.7. The molecule has 36 nitrogen and oxygen atoms in total. The third-order valence-corrected chi connectivity index (χ3v) is 30.6. The summed E-state index contributed by atoms with van der Waals surface area (Å²) in [4.78, 5) is 32.5. The van der Waals surface area contributed by atoms with Crippen LogP contribution in [0, 0.1) is 0 Å². The molecule has 0 fully saturated rings. The molecule has 12 aromatic rings. The summed E-state index contributed by atoms with van der Waals surface area (Å²) in [6.07, 6.45) is 5.09. The van der Waals surface area contributed by atoms with Crippen LogP contribution in [-0.4, -0.2) is 218 Å². The molecule has 0 spiro atoms. The van der Waals surface area contributed by atoms with Gasteiger partial charge in [-0.1, -0.05) is 97.1 Å². The maximum Gasteiger partial charge on any atom is 0.231 e. The van der Waals surface area contributed by atoms with Gasteiger partial charge in [-0.3, -0.25) is 19.9 Å². The van der Waals surface area contributed by atoms with Gasteiger partial charge in [0.15, 0.2) is 0 Å². The van der Waals surface area contributed by atoms with Gasteiger partial charge in [0.05, 0.1) is 158 Å². The molecule has 0 unspecified atom stereocenters. The van der Waals surface area contributed by atoms with Gasteiger partial charge in [0.25, 0.3) is 0 Å². The van der Waals surface area contributed by atoms with E-state index >= 15 is 0 Å². The van der Waals surface area contributed by atoms with E-state index in [1.165, 1.54) is 123 Å². The summed E-state index contributed by atoms with van der Waals surface area (Å²) in [6, 6.07) is 57.4. The minimum atomic E-state index is -3.97. The zero-order valence-corrected chi connectivity index (χ0v) is 81.6. The Hall–Kier alpha value is -12.8. The highest BCUT2D eigenvalue weighted by molar-refractivity contribution is 7.90. The number of rotatable bonds is 44. The van der Waals surface area contributed by atoms with Crippen LogP contribution in [0.15, 0.2) is 244 Å². The van der Waals surface area contributed by atoms with Crippen molar-refractivity contribution in [1.82, 2.24) is 57.1 Å². The molecule has 0 saturated heterocycles. The first-order valence-corrected chi connectivity index (χ1v) is 48.3. The van der Waals surface area contributed by atoms with E-state index in [9.17, 15) is 54.1 Å². The average Bonchev–Trinajstić information content (AvgIpc) is 0.806. The van der Waals surface area contributed by atoms with Crippen LogP contribution in [0.2, 0.25) is 0 Å². The van der Waals surface area contributed by atoms with Crippen molar-refractivity contribution in [2.45, 2.75) is 125 Å². The van der Waals surface area contributed by atoms with Gasteiger partial charge in [0.2, 0.25) is 63.6 Å². The molecule has 136 heavy (non-hydrogen) atoms. The van der Waals surface area contributed by atoms with E-state index < -0.39 is 85.5 Å². The van der Waals surface area contributed by atoms with E-state index in [-0.39, 0.29) is 98.7 Å². The van der Waals surface area contributed by atoms with Gasteiger partial charge in [0, 0.05) is 52.4 Å². The van der Waals surface area contributed by atoms with Crippen molar-refractivity contribution in [1.29, 1.82) is 0 Å². The summed E-state index contributed by atoms with van der Waals surface area (Å²) in [7, 11) is 2.47. The van der Waals surface area contributed by atoms with E-state index in [1.807, 2.05) is 97.1 Å². The topological polar surface area (TPSA) is 444 Å². The summed E-state index contributed by atoms with van der Waals surface area (Å²) < 4.78 is 176. The second-order valence-corrected chi connectivity index (χ2v) is 39.7. The Morgan fingerprint density at radius 1 is 0.206 bits per heavy atom. The Balaban J connectivity index is 0.000000203. The Kier molecular flexibility index (Phi) is 40.2. The zero-order valence-electron chi connectivity index (χ0n) is 78.3. The monoisotopic (exact) mass is 1950 g/mol.